The second-order valence-electron chi connectivity index (χ2n) is 7.31. The Balaban J connectivity index is 0.00000210. The smallest absolute Gasteiger partial charge is 0.173 e. The SMILES string of the molecule is CCN1CCN(C(c2ccccc2F)c2nnnn2C2CCCC2)CC1.Cl. The van der Waals surface area contributed by atoms with Crippen molar-refractivity contribution in [3.63, 3.8) is 0 Å². The predicted octanol–water partition coefficient (Wildman–Crippen LogP) is 3.08. The van der Waals surface area contributed by atoms with Crippen LogP contribution in [0.25, 0.3) is 0 Å². The van der Waals surface area contributed by atoms with Gasteiger partial charge in [0, 0.05) is 31.7 Å². The number of benzene rings is 1. The lowest BCUT2D eigenvalue weighted by molar-refractivity contribution is 0.106. The van der Waals surface area contributed by atoms with E-state index in [2.05, 4.69) is 32.2 Å². The third-order valence-electron chi connectivity index (χ3n) is 5.85. The number of hydrogen-bond donors (Lipinski definition) is 0. The molecule has 2 aromatic rings. The standard InChI is InChI=1S/C19H27FN6.ClH/c1-2-24-11-13-25(14-12-24)18(16-9-5-6-10-17(16)20)19-21-22-23-26(19)15-7-3-4-8-15;/h5-6,9-10,15,18H,2-4,7-8,11-14H2,1H3;1H. The largest absolute Gasteiger partial charge is 0.301 e. The Labute approximate surface area is 166 Å². The molecular formula is C19H28ClFN6. The number of rotatable bonds is 5. The second kappa shape index (κ2) is 9.08. The summed E-state index contributed by atoms with van der Waals surface area (Å²) in [4.78, 5) is 4.76. The summed E-state index contributed by atoms with van der Waals surface area (Å²) in [6, 6.07) is 7.16. The molecule has 0 bridgehead atoms. The zero-order valence-corrected chi connectivity index (χ0v) is 16.6. The molecule has 148 valence electrons. The van der Waals surface area contributed by atoms with E-state index in [1.165, 1.54) is 18.9 Å². The molecule has 8 heteroatoms. The summed E-state index contributed by atoms with van der Waals surface area (Å²) in [5, 5.41) is 12.6. The van der Waals surface area contributed by atoms with E-state index in [4.69, 9.17) is 0 Å². The molecule has 27 heavy (non-hydrogen) atoms. The van der Waals surface area contributed by atoms with Crippen molar-refractivity contribution in [3.05, 3.63) is 41.5 Å². The molecule has 0 spiro atoms. The highest BCUT2D eigenvalue weighted by Gasteiger charge is 2.34. The molecule has 0 amide bonds. The summed E-state index contributed by atoms with van der Waals surface area (Å²) in [5.74, 6) is 0.600. The maximum absolute atomic E-state index is 14.7. The molecule has 0 N–H and O–H groups in total. The molecule has 1 saturated heterocycles. The minimum atomic E-state index is -0.231. The molecule has 1 unspecified atom stereocenters. The number of halogens is 2. The Bertz CT molecular complexity index is 724. The minimum Gasteiger partial charge on any atom is -0.301 e. The molecule has 1 aliphatic carbocycles. The first-order valence-corrected chi connectivity index (χ1v) is 9.76. The summed E-state index contributed by atoms with van der Waals surface area (Å²) < 4.78 is 16.7. The Morgan fingerprint density at radius 1 is 1.11 bits per heavy atom. The number of tetrazole rings is 1. The van der Waals surface area contributed by atoms with Crippen LogP contribution in [0.15, 0.2) is 24.3 Å². The fourth-order valence-corrected chi connectivity index (χ4v) is 4.32. The number of nitrogens with zero attached hydrogens (tertiary/aromatic N) is 6. The van der Waals surface area contributed by atoms with Gasteiger partial charge in [0.05, 0.1) is 6.04 Å². The van der Waals surface area contributed by atoms with Gasteiger partial charge < -0.3 is 4.90 Å². The van der Waals surface area contributed by atoms with E-state index in [0.717, 1.165) is 51.4 Å². The molecule has 1 atom stereocenters. The van der Waals surface area contributed by atoms with E-state index in [9.17, 15) is 4.39 Å². The van der Waals surface area contributed by atoms with E-state index in [1.807, 2.05) is 16.8 Å². The Morgan fingerprint density at radius 3 is 2.48 bits per heavy atom. The van der Waals surface area contributed by atoms with Crippen LogP contribution in [0.2, 0.25) is 0 Å². The lowest BCUT2D eigenvalue weighted by Gasteiger charge is -2.38. The van der Waals surface area contributed by atoms with Gasteiger partial charge in [-0.1, -0.05) is 38.0 Å². The zero-order valence-electron chi connectivity index (χ0n) is 15.8. The van der Waals surface area contributed by atoms with Gasteiger partial charge in [0.15, 0.2) is 5.82 Å². The molecule has 1 saturated carbocycles. The summed E-state index contributed by atoms with van der Waals surface area (Å²) in [6.45, 7) is 7.01. The van der Waals surface area contributed by atoms with Crippen LogP contribution < -0.4 is 0 Å². The second-order valence-corrected chi connectivity index (χ2v) is 7.31. The van der Waals surface area contributed by atoms with E-state index in [-0.39, 0.29) is 24.3 Å². The lowest BCUT2D eigenvalue weighted by atomic mass is 10.0. The summed E-state index contributed by atoms with van der Waals surface area (Å²) in [7, 11) is 0. The third-order valence-corrected chi connectivity index (χ3v) is 5.85. The molecule has 1 aliphatic heterocycles. The fourth-order valence-electron chi connectivity index (χ4n) is 4.32. The van der Waals surface area contributed by atoms with E-state index >= 15 is 0 Å². The molecule has 0 radical (unpaired) electrons. The first-order chi connectivity index (χ1) is 12.8. The Hall–Kier alpha value is -1.57. The molecule has 2 fully saturated rings. The monoisotopic (exact) mass is 394 g/mol. The fraction of sp³-hybridized carbons (Fsp3) is 0.632. The summed E-state index contributed by atoms with van der Waals surface area (Å²) in [5.41, 5.74) is 0.673. The quantitative estimate of drug-likeness (QED) is 0.780. The molecule has 1 aromatic heterocycles. The maximum Gasteiger partial charge on any atom is 0.173 e. The summed E-state index contributed by atoms with van der Waals surface area (Å²) >= 11 is 0. The highest BCUT2D eigenvalue weighted by atomic mass is 35.5. The van der Waals surface area contributed by atoms with E-state index in [0.29, 0.717) is 11.6 Å². The van der Waals surface area contributed by atoms with Crippen molar-refractivity contribution < 1.29 is 4.39 Å². The van der Waals surface area contributed by atoms with Gasteiger partial charge in [-0.25, -0.2) is 9.07 Å². The number of hydrogen-bond acceptors (Lipinski definition) is 5. The van der Waals surface area contributed by atoms with Gasteiger partial charge in [-0.2, -0.15) is 0 Å². The van der Waals surface area contributed by atoms with Crippen molar-refractivity contribution >= 4 is 12.4 Å². The number of aromatic nitrogens is 4. The van der Waals surface area contributed by atoms with Gasteiger partial charge in [0.1, 0.15) is 11.9 Å². The Morgan fingerprint density at radius 2 is 1.81 bits per heavy atom. The van der Waals surface area contributed by atoms with Gasteiger partial charge in [0.25, 0.3) is 0 Å². The molecule has 2 aliphatic rings. The van der Waals surface area contributed by atoms with Crippen LogP contribution in [-0.2, 0) is 0 Å². The average Bonchev–Trinajstić information content (AvgIpc) is 3.35. The predicted molar refractivity (Wildman–Crippen MR) is 105 cm³/mol. The molecule has 2 heterocycles. The van der Waals surface area contributed by atoms with Gasteiger partial charge in [-0.05, 0) is 35.9 Å². The minimum absolute atomic E-state index is 0. The number of likely N-dealkylation sites (N-methyl/N-ethyl adjacent to an activating group) is 1. The van der Waals surface area contributed by atoms with Crippen LogP contribution in [0.3, 0.4) is 0 Å². The van der Waals surface area contributed by atoms with Crippen LogP contribution in [0, 0.1) is 5.82 Å². The van der Waals surface area contributed by atoms with Crippen molar-refractivity contribution in [2.24, 2.45) is 0 Å². The van der Waals surface area contributed by atoms with Crippen molar-refractivity contribution in [2.75, 3.05) is 32.7 Å². The molecular weight excluding hydrogens is 367 g/mol. The van der Waals surface area contributed by atoms with Crippen molar-refractivity contribution in [1.82, 2.24) is 30.0 Å². The van der Waals surface area contributed by atoms with Crippen LogP contribution >= 0.6 is 12.4 Å². The summed E-state index contributed by atoms with van der Waals surface area (Å²) in [6.07, 6.45) is 4.63. The zero-order chi connectivity index (χ0) is 17.9. The average molecular weight is 395 g/mol. The third kappa shape index (κ3) is 4.15. The van der Waals surface area contributed by atoms with Gasteiger partial charge >= 0.3 is 0 Å². The maximum atomic E-state index is 14.7. The highest BCUT2D eigenvalue weighted by Crippen LogP contribution is 2.35. The lowest BCUT2D eigenvalue weighted by Crippen LogP contribution is -2.48. The molecule has 4 rings (SSSR count). The highest BCUT2D eigenvalue weighted by molar-refractivity contribution is 5.85. The molecule has 1 aromatic carbocycles. The van der Waals surface area contributed by atoms with Crippen LogP contribution in [0.4, 0.5) is 4.39 Å². The van der Waals surface area contributed by atoms with Gasteiger partial charge in [-0.15, -0.1) is 17.5 Å². The Kier molecular flexibility index (Phi) is 6.78. The van der Waals surface area contributed by atoms with E-state index in [1.54, 1.807) is 6.07 Å². The van der Waals surface area contributed by atoms with Crippen molar-refractivity contribution in [2.45, 2.75) is 44.7 Å². The number of piperazine rings is 1. The molecule has 6 nitrogen and oxygen atoms in total. The van der Waals surface area contributed by atoms with E-state index < -0.39 is 0 Å². The van der Waals surface area contributed by atoms with Crippen LogP contribution in [0.5, 0.6) is 0 Å². The van der Waals surface area contributed by atoms with Crippen molar-refractivity contribution in [1.29, 1.82) is 0 Å². The van der Waals surface area contributed by atoms with Gasteiger partial charge in [-0.3, -0.25) is 4.90 Å². The van der Waals surface area contributed by atoms with Gasteiger partial charge in [0.2, 0.25) is 0 Å². The topological polar surface area (TPSA) is 50.1 Å². The van der Waals surface area contributed by atoms with Crippen LogP contribution in [-0.4, -0.2) is 62.7 Å². The van der Waals surface area contributed by atoms with Crippen molar-refractivity contribution in [3.8, 4) is 0 Å². The normalized spacial score (nSPS) is 20.5. The first kappa shape index (κ1) is 20.2. The van der Waals surface area contributed by atoms with Crippen LogP contribution in [0.1, 0.15) is 56.1 Å². The first-order valence-electron chi connectivity index (χ1n) is 9.76.